The van der Waals surface area contributed by atoms with Gasteiger partial charge in [-0.3, -0.25) is 9.36 Å². The van der Waals surface area contributed by atoms with E-state index >= 15 is 0 Å². The molecule has 0 fully saturated rings. The minimum Gasteiger partial charge on any atom is -0.454 e. The number of fused-ring (bicyclic) bond motifs is 2. The van der Waals surface area contributed by atoms with Crippen molar-refractivity contribution in [1.29, 1.82) is 0 Å². The molecule has 2 heterocycles. The van der Waals surface area contributed by atoms with E-state index in [9.17, 15) is 4.79 Å². The molecule has 1 aromatic heterocycles. The van der Waals surface area contributed by atoms with Gasteiger partial charge in [-0.05, 0) is 35.4 Å². The summed E-state index contributed by atoms with van der Waals surface area (Å²) in [4.78, 5) is 18.0. The Kier molecular flexibility index (Phi) is 4.69. The third-order valence-electron chi connectivity index (χ3n) is 4.82. The molecule has 0 bridgehead atoms. The molecule has 3 aromatic carbocycles. The summed E-state index contributed by atoms with van der Waals surface area (Å²) in [6.45, 7) is 0.652. The first-order chi connectivity index (χ1) is 14.3. The van der Waals surface area contributed by atoms with Crippen molar-refractivity contribution in [1.82, 2.24) is 9.55 Å². The normalized spacial score (nSPS) is 12.4. The zero-order chi connectivity index (χ0) is 19.6. The molecule has 4 aromatic rings. The van der Waals surface area contributed by atoms with Crippen molar-refractivity contribution in [3.05, 3.63) is 94.3 Å². The quantitative estimate of drug-likeness (QED) is 0.364. The summed E-state index contributed by atoms with van der Waals surface area (Å²) in [5, 5.41) is 1.33. The van der Waals surface area contributed by atoms with Crippen molar-refractivity contribution >= 4 is 22.7 Å². The van der Waals surface area contributed by atoms with Crippen molar-refractivity contribution in [3.63, 3.8) is 0 Å². The van der Waals surface area contributed by atoms with E-state index in [-0.39, 0.29) is 12.4 Å². The van der Waals surface area contributed by atoms with Crippen LogP contribution in [-0.2, 0) is 12.3 Å². The molecule has 0 unspecified atom stereocenters. The van der Waals surface area contributed by atoms with E-state index in [0.717, 1.165) is 22.6 Å². The number of aromatic nitrogens is 2. The predicted molar refractivity (Wildman–Crippen MR) is 114 cm³/mol. The molecule has 29 heavy (non-hydrogen) atoms. The van der Waals surface area contributed by atoms with Crippen LogP contribution in [0.1, 0.15) is 11.1 Å². The molecular formula is C23H18N2O3S. The number of benzene rings is 3. The van der Waals surface area contributed by atoms with Gasteiger partial charge in [-0.25, -0.2) is 4.98 Å². The lowest BCUT2D eigenvalue weighted by Crippen LogP contribution is -2.24. The molecule has 0 N–H and O–H groups in total. The van der Waals surface area contributed by atoms with E-state index in [4.69, 9.17) is 14.5 Å². The van der Waals surface area contributed by atoms with E-state index < -0.39 is 0 Å². The van der Waals surface area contributed by atoms with E-state index in [1.807, 2.05) is 60.7 Å². The Bertz CT molecular complexity index is 1240. The topological polar surface area (TPSA) is 53.4 Å². The molecule has 0 saturated carbocycles. The van der Waals surface area contributed by atoms with Gasteiger partial charge in [-0.1, -0.05) is 60.3 Å². The van der Waals surface area contributed by atoms with Gasteiger partial charge in [0.15, 0.2) is 16.7 Å². The third kappa shape index (κ3) is 3.59. The van der Waals surface area contributed by atoms with Crippen LogP contribution in [0.3, 0.4) is 0 Å². The van der Waals surface area contributed by atoms with Crippen LogP contribution in [0.5, 0.6) is 11.5 Å². The highest BCUT2D eigenvalue weighted by Gasteiger charge is 2.16. The van der Waals surface area contributed by atoms with Crippen molar-refractivity contribution in [2.24, 2.45) is 0 Å². The molecule has 1 aliphatic heterocycles. The average molecular weight is 402 g/mol. The molecule has 1 aliphatic rings. The zero-order valence-electron chi connectivity index (χ0n) is 15.6. The molecular weight excluding hydrogens is 384 g/mol. The van der Waals surface area contributed by atoms with Crippen LogP contribution in [-0.4, -0.2) is 16.3 Å². The van der Waals surface area contributed by atoms with E-state index in [2.05, 4.69) is 12.1 Å². The fraction of sp³-hybridized carbons (Fsp3) is 0.130. The molecule has 0 atom stereocenters. The van der Waals surface area contributed by atoms with Gasteiger partial charge in [0.1, 0.15) is 0 Å². The zero-order valence-corrected chi connectivity index (χ0v) is 16.4. The first-order valence-electron chi connectivity index (χ1n) is 9.33. The summed E-state index contributed by atoms with van der Waals surface area (Å²) in [7, 11) is 0. The van der Waals surface area contributed by atoms with Gasteiger partial charge in [-0.2, -0.15) is 0 Å². The largest absolute Gasteiger partial charge is 0.454 e. The summed E-state index contributed by atoms with van der Waals surface area (Å²) in [6, 6.07) is 23.4. The lowest BCUT2D eigenvalue weighted by atomic mass is 10.2. The molecule has 6 heteroatoms. The van der Waals surface area contributed by atoms with Crippen molar-refractivity contribution < 1.29 is 9.47 Å². The van der Waals surface area contributed by atoms with Gasteiger partial charge in [0, 0.05) is 5.75 Å². The number of rotatable bonds is 5. The van der Waals surface area contributed by atoms with Crippen LogP contribution in [0.25, 0.3) is 10.9 Å². The smallest absolute Gasteiger partial charge is 0.262 e. The van der Waals surface area contributed by atoms with Crippen LogP contribution >= 0.6 is 11.8 Å². The van der Waals surface area contributed by atoms with Gasteiger partial charge < -0.3 is 9.47 Å². The molecule has 0 amide bonds. The number of ether oxygens (including phenoxy) is 2. The standard InChI is InChI=1S/C23H18N2O3S/c26-22-18-8-4-5-9-19(18)24-23(29-14-16-6-2-1-3-7-16)25(22)13-17-10-11-20-21(12-17)28-15-27-20/h1-12H,13-15H2. The van der Waals surface area contributed by atoms with Gasteiger partial charge >= 0.3 is 0 Å². The first kappa shape index (κ1) is 17.8. The van der Waals surface area contributed by atoms with Gasteiger partial charge in [0.25, 0.3) is 5.56 Å². The second-order valence-corrected chi connectivity index (χ2v) is 7.71. The summed E-state index contributed by atoms with van der Waals surface area (Å²) in [5.74, 6) is 2.19. The van der Waals surface area contributed by atoms with Gasteiger partial charge in [0.2, 0.25) is 6.79 Å². The molecule has 5 rings (SSSR count). The van der Waals surface area contributed by atoms with Crippen LogP contribution in [0.4, 0.5) is 0 Å². The van der Waals surface area contributed by atoms with Crippen LogP contribution in [0.2, 0.25) is 0 Å². The molecule has 5 nitrogen and oxygen atoms in total. The van der Waals surface area contributed by atoms with Crippen molar-refractivity contribution in [2.75, 3.05) is 6.79 Å². The van der Waals surface area contributed by atoms with E-state index in [1.165, 1.54) is 5.56 Å². The fourth-order valence-electron chi connectivity index (χ4n) is 3.34. The predicted octanol–water partition coefficient (Wildman–Crippen LogP) is 4.47. The molecule has 0 aliphatic carbocycles. The highest BCUT2D eigenvalue weighted by Crippen LogP contribution is 2.33. The Hall–Kier alpha value is -3.25. The minimum atomic E-state index is -0.0381. The maximum Gasteiger partial charge on any atom is 0.262 e. The average Bonchev–Trinajstić information content (AvgIpc) is 3.23. The lowest BCUT2D eigenvalue weighted by Gasteiger charge is -2.13. The Balaban J connectivity index is 1.54. The highest BCUT2D eigenvalue weighted by atomic mass is 32.2. The number of nitrogens with zero attached hydrogens (tertiary/aromatic N) is 2. The lowest BCUT2D eigenvalue weighted by molar-refractivity contribution is 0.174. The van der Waals surface area contributed by atoms with Gasteiger partial charge in [0.05, 0.1) is 17.4 Å². The molecule has 144 valence electrons. The van der Waals surface area contributed by atoms with Crippen LogP contribution in [0.15, 0.2) is 82.7 Å². The Labute approximate surface area is 171 Å². The van der Waals surface area contributed by atoms with Gasteiger partial charge in [-0.15, -0.1) is 0 Å². The number of thioether (sulfide) groups is 1. The molecule has 0 radical (unpaired) electrons. The molecule has 0 saturated heterocycles. The summed E-state index contributed by atoms with van der Waals surface area (Å²) in [5.41, 5.74) is 2.84. The minimum absolute atomic E-state index is 0.0381. The maximum atomic E-state index is 13.3. The third-order valence-corrected chi connectivity index (χ3v) is 5.86. The Morgan fingerprint density at radius 1 is 0.897 bits per heavy atom. The maximum absolute atomic E-state index is 13.3. The van der Waals surface area contributed by atoms with Crippen LogP contribution < -0.4 is 15.0 Å². The summed E-state index contributed by atoms with van der Waals surface area (Å²) < 4.78 is 12.6. The monoisotopic (exact) mass is 402 g/mol. The number of hydrogen-bond donors (Lipinski definition) is 0. The van der Waals surface area contributed by atoms with E-state index in [0.29, 0.717) is 22.8 Å². The second kappa shape index (κ2) is 7.64. The van der Waals surface area contributed by atoms with Crippen LogP contribution in [0, 0.1) is 0 Å². The fourth-order valence-corrected chi connectivity index (χ4v) is 4.30. The highest BCUT2D eigenvalue weighted by molar-refractivity contribution is 7.98. The second-order valence-electron chi connectivity index (χ2n) is 6.76. The summed E-state index contributed by atoms with van der Waals surface area (Å²) >= 11 is 1.57. The van der Waals surface area contributed by atoms with E-state index in [1.54, 1.807) is 16.3 Å². The SMILES string of the molecule is O=c1c2ccccc2nc(SCc2ccccc2)n1Cc1ccc2c(c1)OCO2. The van der Waals surface area contributed by atoms with Crippen molar-refractivity contribution in [3.8, 4) is 11.5 Å². The Morgan fingerprint density at radius 3 is 2.59 bits per heavy atom. The molecule has 0 spiro atoms. The Morgan fingerprint density at radius 2 is 1.69 bits per heavy atom. The number of para-hydroxylation sites is 1. The summed E-state index contributed by atoms with van der Waals surface area (Å²) in [6.07, 6.45) is 0. The number of hydrogen-bond acceptors (Lipinski definition) is 5. The first-order valence-corrected chi connectivity index (χ1v) is 10.3. The van der Waals surface area contributed by atoms with Crippen molar-refractivity contribution in [2.45, 2.75) is 17.5 Å².